The highest BCUT2D eigenvalue weighted by atomic mass is 35.5. The van der Waals surface area contributed by atoms with Gasteiger partial charge in [-0.3, -0.25) is 4.79 Å². The van der Waals surface area contributed by atoms with E-state index >= 15 is 0 Å². The number of rotatable bonds is 4. The molecule has 1 fully saturated rings. The number of nitrogens with zero attached hydrogens (tertiary/aromatic N) is 1. The van der Waals surface area contributed by atoms with E-state index < -0.39 is 0 Å². The number of allylic oxidation sites excluding steroid dienone is 1. The first-order valence-corrected chi connectivity index (χ1v) is 6.99. The molecule has 1 aliphatic carbocycles. The molecule has 2 rings (SSSR count). The number of benzene rings is 1. The number of ether oxygens (including phenoxy) is 1. The van der Waals surface area contributed by atoms with Crippen molar-refractivity contribution in [3.63, 3.8) is 0 Å². The van der Waals surface area contributed by atoms with Gasteiger partial charge in [-0.2, -0.15) is 0 Å². The summed E-state index contributed by atoms with van der Waals surface area (Å²) in [5.74, 6) is 1.11. The van der Waals surface area contributed by atoms with Crippen LogP contribution in [-0.2, 0) is 4.79 Å². The molecule has 1 aromatic carbocycles. The Morgan fingerprint density at radius 1 is 1.38 bits per heavy atom. The molecule has 3 nitrogen and oxygen atoms in total. The Hall–Kier alpha value is -1.32. The van der Waals surface area contributed by atoms with Crippen LogP contribution in [0.4, 0.5) is 0 Å². The predicted molar refractivity (Wildman–Crippen MR) is 89.1 cm³/mol. The van der Waals surface area contributed by atoms with E-state index in [1.54, 1.807) is 7.11 Å². The van der Waals surface area contributed by atoms with Crippen molar-refractivity contribution in [2.24, 2.45) is 5.41 Å². The third kappa shape index (κ3) is 4.08. The molecule has 0 spiro atoms. The van der Waals surface area contributed by atoms with E-state index in [0.717, 1.165) is 36.3 Å². The van der Waals surface area contributed by atoms with Crippen molar-refractivity contribution in [2.75, 3.05) is 27.7 Å². The number of ketones is 1. The SMILES string of the molecule is COc1cccc(C=C2CCC(C)(CN(C)C)C2=O)c1.Cl. The van der Waals surface area contributed by atoms with E-state index in [4.69, 9.17) is 4.74 Å². The summed E-state index contributed by atoms with van der Waals surface area (Å²) in [6.45, 7) is 2.88. The Kier molecular flexibility index (Phi) is 5.99. The molecular formula is C17H24ClNO2. The van der Waals surface area contributed by atoms with Crippen molar-refractivity contribution in [1.29, 1.82) is 0 Å². The summed E-state index contributed by atoms with van der Waals surface area (Å²) in [6, 6.07) is 7.82. The number of methoxy groups -OCH3 is 1. The van der Waals surface area contributed by atoms with Gasteiger partial charge in [0.1, 0.15) is 5.75 Å². The second kappa shape index (κ2) is 7.10. The highest BCUT2D eigenvalue weighted by Gasteiger charge is 2.40. The van der Waals surface area contributed by atoms with Crippen molar-refractivity contribution < 1.29 is 9.53 Å². The third-order valence-electron chi connectivity index (χ3n) is 3.89. The zero-order valence-corrected chi connectivity index (χ0v) is 14.0. The summed E-state index contributed by atoms with van der Waals surface area (Å²) in [7, 11) is 5.69. The molecule has 4 heteroatoms. The number of halogens is 1. The topological polar surface area (TPSA) is 29.5 Å². The van der Waals surface area contributed by atoms with E-state index in [2.05, 4.69) is 11.8 Å². The molecule has 1 saturated carbocycles. The molecule has 0 aliphatic heterocycles. The maximum Gasteiger partial charge on any atom is 0.166 e. The van der Waals surface area contributed by atoms with E-state index in [9.17, 15) is 4.79 Å². The quantitative estimate of drug-likeness (QED) is 0.798. The summed E-state index contributed by atoms with van der Waals surface area (Å²) in [5.41, 5.74) is 1.72. The van der Waals surface area contributed by atoms with Crippen LogP contribution in [0.5, 0.6) is 5.75 Å². The molecule has 1 atom stereocenters. The van der Waals surface area contributed by atoms with Gasteiger partial charge in [0.2, 0.25) is 0 Å². The molecule has 1 aromatic rings. The first kappa shape index (κ1) is 17.7. The van der Waals surface area contributed by atoms with E-state index in [1.165, 1.54) is 0 Å². The molecule has 0 aromatic heterocycles. The standard InChI is InChI=1S/C17H23NO2.ClH/c1-17(12-18(2)3)9-8-14(16(17)19)10-13-6-5-7-15(11-13)20-4;/h5-7,10-11H,8-9,12H2,1-4H3;1H. The van der Waals surface area contributed by atoms with Gasteiger partial charge < -0.3 is 9.64 Å². The summed E-state index contributed by atoms with van der Waals surface area (Å²) in [5, 5.41) is 0. The van der Waals surface area contributed by atoms with Crippen LogP contribution < -0.4 is 4.74 Å². The monoisotopic (exact) mass is 309 g/mol. The zero-order chi connectivity index (χ0) is 14.8. The van der Waals surface area contributed by atoms with Gasteiger partial charge in [0.05, 0.1) is 7.11 Å². The smallest absolute Gasteiger partial charge is 0.166 e. The maximum absolute atomic E-state index is 12.6. The number of hydrogen-bond acceptors (Lipinski definition) is 3. The Labute approximate surface area is 133 Å². The Balaban J connectivity index is 0.00000220. The molecule has 0 N–H and O–H groups in total. The van der Waals surface area contributed by atoms with Gasteiger partial charge >= 0.3 is 0 Å². The number of hydrogen-bond donors (Lipinski definition) is 0. The lowest BCUT2D eigenvalue weighted by Crippen LogP contribution is -2.34. The Bertz CT molecular complexity index is 539. The highest BCUT2D eigenvalue weighted by molar-refractivity contribution is 6.05. The molecule has 1 aliphatic rings. The van der Waals surface area contributed by atoms with Crippen LogP contribution in [0.3, 0.4) is 0 Å². The second-order valence-corrected chi connectivity index (χ2v) is 6.07. The highest BCUT2D eigenvalue weighted by Crippen LogP contribution is 2.39. The van der Waals surface area contributed by atoms with E-state index in [0.29, 0.717) is 0 Å². The first-order valence-electron chi connectivity index (χ1n) is 6.99. The largest absolute Gasteiger partial charge is 0.497 e. The van der Waals surface area contributed by atoms with Crippen molar-refractivity contribution >= 4 is 24.3 Å². The van der Waals surface area contributed by atoms with Crippen LogP contribution >= 0.6 is 12.4 Å². The maximum atomic E-state index is 12.6. The Morgan fingerprint density at radius 3 is 2.71 bits per heavy atom. The number of Topliss-reactive ketones (excluding diaryl/α,β-unsaturated/α-hetero) is 1. The van der Waals surface area contributed by atoms with Crippen molar-refractivity contribution in [1.82, 2.24) is 4.90 Å². The van der Waals surface area contributed by atoms with Gasteiger partial charge in [0.25, 0.3) is 0 Å². The average Bonchev–Trinajstić information content (AvgIpc) is 2.66. The van der Waals surface area contributed by atoms with Crippen molar-refractivity contribution in [2.45, 2.75) is 19.8 Å². The van der Waals surface area contributed by atoms with Gasteiger partial charge in [0.15, 0.2) is 5.78 Å². The van der Waals surface area contributed by atoms with Crippen LogP contribution in [-0.4, -0.2) is 38.4 Å². The fourth-order valence-electron chi connectivity index (χ4n) is 2.94. The van der Waals surface area contributed by atoms with Crippen LogP contribution in [0.2, 0.25) is 0 Å². The fourth-order valence-corrected chi connectivity index (χ4v) is 2.94. The minimum absolute atomic E-state index is 0. The normalized spacial score (nSPS) is 23.5. The summed E-state index contributed by atoms with van der Waals surface area (Å²) >= 11 is 0. The van der Waals surface area contributed by atoms with Gasteiger partial charge in [-0.25, -0.2) is 0 Å². The van der Waals surface area contributed by atoms with Crippen molar-refractivity contribution in [3.05, 3.63) is 35.4 Å². The minimum Gasteiger partial charge on any atom is -0.497 e. The first-order chi connectivity index (χ1) is 9.44. The fraction of sp³-hybridized carbons (Fsp3) is 0.471. The third-order valence-corrected chi connectivity index (χ3v) is 3.89. The molecule has 0 amide bonds. The molecule has 0 radical (unpaired) electrons. The Morgan fingerprint density at radius 2 is 2.10 bits per heavy atom. The van der Waals surface area contributed by atoms with Crippen molar-refractivity contribution in [3.8, 4) is 5.75 Å². The molecule has 0 saturated heterocycles. The van der Waals surface area contributed by atoms with Gasteiger partial charge in [-0.05, 0) is 56.3 Å². The molecule has 0 heterocycles. The van der Waals surface area contributed by atoms with Gasteiger partial charge in [-0.15, -0.1) is 12.4 Å². The summed E-state index contributed by atoms with van der Waals surface area (Å²) < 4.78 is 5.22. The molecular weight excluding hydrogens is 286 g/mol. The second-order valence-electron chi connectivity index (χ2n) is 6.07. The summed E-state index contributed by atoms with van der Waals surface area (Å²) in [4.78, 5) is 14.7. The average molecular weight is 310 g/mol. The predicted octanol–water partition coefficient (Wildman–Crippen LogP) is 3.43. The van der Waals surface area contributed by atoms with Crippen LogP contribution in [0, 0.1) is 5.41 Å². The summed E-state index contributed by atoms with van der Waals surface area (Å²) in [6.07, 6.45) is 3.80. The number of carbonyl (C=O) groups is 1. The van der Waals surface area contributed by atoms with Gasteiger partial charge in [0, 0.05) is 12.0 Å². The lowest BCUT2D eigenvalue weighted by Gasteiger charge is -2.25. The minimum atomic E-state index is -0.242. The van der Waals surface area contributed by atoms with Gasteiger partial charge in [-0.1, -0.05) is 19.1 Å². The zero-order valence-electron chi connectivity index (χ0n) is 13.2. The van der Waals surface area contributed by atoms with E-state index in [-0.39, 0.29) is 23.6 Å². The van der Waals surface area contributed by atoms with Crippen LogP contribution in [0.15, 0.2) is 29.8 Å². The molecule has 1 unspecified atom stereocenters. The molecule has 21 heavy (non-hydrogen) atoms. The lowest BCUT2D eigenvalue weighted by molar-refractivity contribution is -0.122. The van der Waals surface area contributed by atoms with Crippen LogP contribution in [0.1, 0.15) is 25.3 Å². The lowest BCUT2D eigenvalue weighted by atomic mass is 9.86. The van der Waals surface area contributed by atoms with E-state index in [1.807, 2.05) is 44.4 Å². The molecule has 116 valence electrons. The number of carbonyl (C=O) groups excluding carboxylic acids is 1. The van der Waals surface area contributed by atoms with Crippen LogP contribution in [0.25, 0.3) is 6.08 Å². The molecule has 0 bridgehead atoms.